The number of hydrogen-bond acceptors (Lipinski definition) is 5. The minimum atomic E-state index is -0.743. The number of nitrogens with one attached hydrogen (secondary N) is 1. The van der Waals surface area contributed by atoms with Crippen molar-refractivity contribution < 1.29 is 22.8 Å². The van der Waals surface area contributed by atoms with Gasteiger partial charge in [0, 0.05) is 37.7 Å². The van der Waals surface area contributed by atoms with Gasteiger partial charge >= 0.3 is 0 Å². The Hall–Kier alpha value is -3.62. The molecule has 0 spiro atoms. The van der Waals surface area contributed by atoms with Crippen LogP contribution in [0.2, 0.25) is 0 Å². The molecular weight excluding hydrogens is 430 g/mol. The summed E-state index contributed by atoms with van der Waals surface area (Å²) < 4.78 is 32.6. The predicted octanol–water partition coefficient (Wildman–Crippen LogP) is 4.13. The van der Waals surface area contributed by atoms with Crippen LogP contribution in [0, 0.1) is 24.5 Å². The molecule has 0 radical (unpaired) electrons. The minimum absolute atomic E-state index is 0.103. The third-order valence-corrected chi connectivity index (χ3v) is 5.59. The molecule has 0 aliphatic carbocycles. The Morgan fingerprint density at radius 3 is 2.88 bits per heavy atom. The summed E-state index contributed by atoms with van der Waals surface area (Å²) in [5, 5.41) is 2.83. The van der Waals surface area contributed by atoms with Gasteiger partial charge in [-0.3, -0.25) is 9.59 Å². The van der Waals surface area contributed by atoms with E-state index in [9.17, 15) is 18.4 Å². The van der Waals surface area contributed by atoms with Crippen LogP contribution in [-0.2, 0) is 16.0 Å². The minimum Gasteiger partial charge on any atom is -0.441 e. The molecule has 1 aromatic carbocycles. The summed E-state index contributed by atoms with van der Waals surface area (Å²) in [5.74, 6) is -1.01. The van der Waals surface area contributed by atoms with E-state index in [0.717, 1.165) is 24.2 Å². The summed E-state index contributed by atoms with van der Waals surface area (Å²) in [6.45, 7) is 2.78. The Labute approximate surface area is 189 Å². The van der Waals surface area contributed by atoms with Crippen LogP contribution in [0.25, 0.3) is 11.3 Å². The molecule has 2 amide bonds. The van der Waals surface area contributed by atoms with Crippen molar-refractivity contribution in [3.05, 3.63) is 65.8 Å². The second-order valence-corrected chi connectivity index (χ2v) is 8.07. The van der Waals surface area contributed by atoms with Gasteiger partial charge in [0.15, 0.2) is 11.7 Å². The molecule has 1 saturated heterocycles. The van der Waals surface area contributed by atoms with Crippen LogP contribution < -0.4 is 5.32 Å². The molecule has 0 saturated carbocycles. The van der Waals surface area contributed by atoms with Gasteiger partial charge in [-0.15, -0.1) is 0 Å². The van der Waals surface area contributed by atoms with Gasteiger partial charge in [-0.1, -0.05) is 6.07 Å². The van der Waals surface area contributed by atoms with Crippen LogP contribution >= 0.6 is 0 Å². The zero-order valence-electron chi connectivity index (χ0n) is 18.2. The van der Waals surface area contributed by atoms with Crippen LogP contribution in [0.15, 0.2) is 47.0 Å². The Morgan fingerprint density at radius 1 is 1.24 bits per heavy atom. The van der Waals surface area contributed by atoms with Gasteiger partial charge in [0.1, 0.15) is 17.5 Å². The van der Waals surface area contributed by atoms with Crippen LogP contribution in [-0.4, -0.2) is 39.8 Å². The number of benzene rings is 1. The number of carbonyl (C=O) groups is 2. The average molecular weight is 454 g/mol. The first-order valence-corrected chi connectivity index (χ1v) is 10.8. The summed E-state index contributed by atoms with van der Waals surface area (Å²) in [5.41, 5.74) is 0.916. The number of oxazole rings is 1. The lowest BCUT2D eigenvalue weighted by Gasteiger charge is -2.32. The number of rotatable bonds is 6. The van der Waals surface area contributed by atoms with E-state index in [2.05, 4.69) is 15.3 Å². The molecule has 1 aliphatic heterocycles. The molecule has 1 atom stereocenters. The van der Waals surface area contributed by atoms with Crippen molar-refractivity contribution in [2.75, 3.05) is 18.4 Å². The van der Waals surface area contributed by atoms with Gasteiger partial charge in [-0.05, 0) is 44.0 Å². The second-order valence-electron chi connectivity index (χ2n) is 8.07. The average Bonchev–Trinajstić information content (AvgIpc) is 3.26. The molecule has 9 heteroatoms. The predicted molar refractivity (Wildman–Crippen MR) is 117 cm³/mol. The highest BCUT2D eigenvalue weighted by Gasteiger charge is 2.28. The molecule has 1 aliphatic rings. The number of aromatic nitrogens is 2. The molecule has 7 nitrogen and oxygen atoms in total. The Bertz CT molecular complexity index is 1160. The molecule has 2 aromatic heterocycles. The van der Waals surface area contributed by atoms with Gasteiger partial charge in [0.05, 0.1) is 17.7 Å². The largest absolute Gasteiger partial charge is 0.441 e. The highest BCUT2D eigenvalue weighted by molar-refractivity contribution is 5.92. The third kappa shape index (κ3) is 5.60. The fourth-order valence-electron chi connectivity index (χ4n) is 3.87. The first-order chi connectivity index (χ1) is 15.9. The molecule has 0 bridgehead atoms. The number of hydrogen-bond donors (Lipinski definition) is 1. The van der Waals surface area contributed by atoms with Crippen molar-refractivity contribution >= 4 is 17.6 Å². The van der Waals surface area contributed by atoms with Gasteiger partial charge in [-0.25, -0.2) is 18.7 Å². The maximum atomic E-state index is 13.9. The number of amides is 2. The van der Waals surface area contributed by atoms with Gasteiger partial charge in [-0.2, -0.15) is 0 Å². The highest BCUT2D eigenvalue weighted by atomic mass is 19.1. The number of halogens is 2. The van der Waals surface area contributed by atoms with Crippen molar-refractivity contribution in [2.45, 2.75) is 32.6 Å². The van der Waals surface area contributed by atoms with E-state index in [1.165, 1.54) is 12.3 Å². The molecule has 4 rings (SSSR count). The lowest BCUT2D eigenvalue weighted by molar-refractivity contribution is -0.134. The number of aryl methyl sites for hydroxylation is 2. The normalized spacial score (nSPS) is 16.0. The first kappa shape index (κ1) is 22.6. The van der Waals surface area contributed by atoms with Gasteiger partial charge in [0.25, 0.3) is 0 Å². The quantitative estimate of drug-likeness (QED) is 0.605. The number of carbonyl (C=O) groups excluding carboxylic acids is 2. The zero-order chi connectivity index (χ0) is 23.4. The lowest BCUT2D eigenvalue weighted by Crippen LogP contribution is -2.43. The highest BCUT2D eigenvalue weighted by Crippen LogP contribution is 2.25. The SMILES string of the molecule is Cc1cccc(NC(=O)C2CCCN(C(=O)CCc3ncc(-c4ccc(F)cc4F)o3)C2)n1. The van der Waals surface area contributed by atoms with E-state index >= 15 is 0 Å². The molecule has 1 unspecified atom stereocenters. The number of pyridine rings is 1. The molecular formula is C24H24F2N4O3. The first-order valence-electron chi connectivity index (χ1n) is 10.8. The summed E-state index contributed by atoms with van der Waals surface area (Å²) >= 11 is 0. The maximum Gasteiger partial charge on any atom is 0.230 e. The van der Waals surface area contributed by atoms with Crippen LogP contribution in [0.3, 0.4) is 0 Å². The van der Waals surface area contributed by atoms with E-state index in [1.54, 1.807) is 11.0 Å². The molecule has 172 valence electrons. The number of anilines is 1. The van der Waals surface area contributed by atoms with Crippen LogP contribution in [0.1, 0.15) is 30.8 Å². The number of likely N-dealkylation sites (tertiary alicyclic amines) is 1. The van der Waals surface area contributed by atoms with Crippen molar-refractivity contribution in [3.8, 4) is 11.3 Å². The topological polar surface area (TPSA) is 88.3 Å². The van der Waals surface area contributed by atoms with E-state index in [4.69, 9.17) is 4.42 Å². The second kappa shape index (κ2) is 9.89. The summed E-state index contributed by atoms with van der Waals surface area (Å²) in [7, 11) is 0. The summed E-state index contributed by atoms with van der Waals surface area (Å²) in [6, 6.07) is 8.61. The lowest BCUT2D eigenvalue weighted by atomic mass is 9.96. The van der Waals surface area contributed by atoms with Crippen LogP contribution in [0.5, 0.6) is 0 Å². The number of nitrogens with zero attached hydrogens (tertiary/aromatic N) is 3. The van der Waals surface area contributed by atoms with Gasteiger partial charge < -0.3 is 14.6 Å². The molecule has 3 heterocycles. The molecule has 3 aromatic rings. The molecule has 1 fully saturated rings. The van der Waals surface area contributed by atoms with Gasteiger partial charge in [0.2, 0.25) is 11.8 Å². The van der Waals surface area contributed by atoms with Crippen molar-refractivity contribution in [1.29, 1.82) is 0 Å². The fraction of sp³-hybridized carbons (Fsp3) is 0.333. The van der Waals surface area contributed by atoms with E-state index in [1.807, 2.05) is 19.1 Å². The fourth-order valence-corrected chi connectivity index (χ4v) is 3.87. The Balaban J connectivity index is 1.31. The van der Waals surface area contributed by atoms with Crippen molar-refractivity contribution in [3.63, 3.8) is 0 Å². The molecule has 1 N–H and O–H groups in total. The smallest absolute Gasteiger partial charge is 0.230 e. The monoisotopic (exact) mass is 454 g/mol. The third-order valence-electron chi connectivity index (χ3n) is 5.59. The summed E-state index contributed by atoms with van der Waals surface area (Å²) in [6.07, 6.45) is 3.18. The summed E-state index contributed by atoms with van der Waals surface area (Å²) in [4.78, 5) is 35.4. The zero-order valence-corrected chi connectivity index (χ0v) is 18.2. The van der Waals surface area contributed by atoms with Crippen molar-refractivity contribution in [1.82, 2.24) is 14.9 Å². The van der Waals surface area contributed by atoms with Crippen LogP contribution in [0.4, 0.5) is 14.6 Å². The van der Waals surface area contributed by atoms with E-state index in [-0.39, 0.29) is 41.9 Å². The van der Waals surface area contributed by atoms with E-state index < -0.39 is 11.6 Å². The maximum absolute atomic E-state index is 13.9. The Kier molecular flexibility index (Phi) is 6.76. The molecule has 33 heavy (non-hydrogen) atoms. The van der Waals surface area contributed by atoms with Crippen molar-refractivity contribution in [2.24, 2.45) is 5.92 Å². The van der Waals surface area contributed by atoms with E-state index in [0.29, 0.717) is 31.2 Å². The Morgan fingerprint density at radius 2 is 2.09 bits per heavy atom. The standard InChI is InChI=1S/C24H24F2N4O3/c1-15-4-2-6-21(28-15)29-24(32)16-5-3-11-30(14-16)23(31)10-9-22-27-13-20(33-22)18-8-7-17(25)12-19(18)26/h2,4,6-8,12-13,16H,3,5,9-11,14H2,1H3,(H,28,29,32). The number of piperidine rings is 1.